The average molecular weight is 479 g/mol. The van der Waals surface area contributed by atoms with Gasteiger partial charge in [0.05, 0.1) is 25.2 Å². The van der Waals surface area contributed by atoms with Gasteiger partial charge in [0.2, 0.25) is 5.91 Å². The maximum Gasteiger partial charge on any atom is 0.249 e. The summed E-state index contributed by atoms with van der Waals surface area (Å²) in [4.78, 5) is 29.1. The molecular formula is C23H34N2O7Si. The molecule has 0 aromatic heterocycles. The standard InChI is InChI=1S/C23H34N2O7Si/c1-21(2,33(3,4)31)10-16-19(28)22(17(12-24)20(29)23(16,30)14-26)11-18(27)25(22)32-13-15-8-6-5-7-9-15/h5-9,16-17,19-20,26,28-31H,10-11,13-14H2,1-4H3/t16-,17-,19+,20-,22+,23+/m0/s1. The summed E-state index contributed by atoms with van der Waals surface area (Å²) in [6.07, 6.45) is -3.45. The second-order valence-corrected chi connectivity index (χ2v) is 15.0. The first-order chi connectivity index (χ1) is 15.3. The lowest BCUT2D eigenvalue weighted by Gasteiger charge is -2.63. The van der Waals surface area contributed by atoms with Crippen LogP contribution in [-0.2, 0) is 16.2 Å². The first-order valence-electron chi connectivity index (χ1n) is 11.1. The number of rotatable bonds is 7. The van der Waals surface area contributed by atoms with Crippen molar-refractivity contribution < 1.29 is 34.9 Å². The highest BCUT2D eigenvalue weighted by molar-refractivity contribution is 6.72. The van der Waals surface area contributed by atoms with Crippen LogP contribution in [0.5, 0.6) is 0 Å². The van der Waals surface area contributed by atoms with E-state index in [0.29, 0.717) is 0 Å². The summed E-state index contributed by atoms with van der Waals surface area (Å²) in [6.45, 7) is 6.17. The van der Waals surface area contributed by atoms with Crippen LogP contribution in [0.15, 0.2) is 30.3 Å². The van der Waals surface area contributed by atoms with Gasteiger partial charge < -0.3 is 25.2 Å². The van der Waals surface area contributed by atoms with Crippen molar-refractivity contribution in [1.29, 1.82) is 5.26 Å². The molecule has 1 aliphatic carbocycles. The number of aliphatic hydroxyl groups is 4. The zero-order valence-electron chi connectivity index (χ0n) is 19.5. The summed E-state index contributed by atoms with van der Waals surface area (Å²) in [5.41, 5.74) is -3.03. The number of hydroxylamine groups is 2. The SMILES string of the molecule is CC(C)(C[C@H]1[C@@H](O)[C@@]2(CC(=O)N2OCc2ccccc2)[C@@H](C#N)[C@H](O)[C@@]1(O)CO)[Si](C)(C)O. The summed E-state index contributed by atoms with van der Waals surface area (Å²) >= 11 is 0. The van der Waals surface area contributed by atoms with Gasteiger partial charge in [0.25, 0.3) is 0 Å². The van der Waals surface area contributed by atoms with Crippen LogP contribution in [0.25, 0.3) is 0 Å². The number of carbonyl (C=O) groups is 1. The number of carbonyl (C=O) groups excluding carboxylic acids is 1. The van der Waals surface area contributed by atoms with Gasteiger partial charge in [-0.1, -0.05) is 44.2 Å². The Hall–Kier alpha value is -1.84. The molecule has 2 fully saturated rings. The molecule has 1 spiro atoms. The zero-order chi connectivity index (χ0) is 24.8. The van der Waals surface area contributed by atoms with Crippen molar-refractivity contribution in [3.8, 4) is 6.07 Å². The average Bonchev–Trinajstić information content (AvgIpc) is 2.75. The fourth-order valence-electron chi connectivity index (χ4n) is 4.96. The molecule has 1 aromatic rings. The molecular weight excluding hydrogens is 444 g/mol. The zero-order valence-corrected chi connectivity index (χ0v) is 20.5. The van der Waals surface area contributed by atoms with Crippen molar-refractivity contribution >= 4 is 14.2 Å². The van der Waals surface area contributed by atoms with Gasteiger partial charge in [0.1, 0.15) is 29.8 Å². The van der Waals surface area contributed by atoms with Crippen LogP contribution in [0.1, 0.15) is 32.3 Å². The van der Waals surface area contributed by atoms with Crippen molar-refractivity contribution in [3.63, 3.8) is 0 Å². The Morgan fingerprint density at radius 1 is 1.24 bits per heavy atom. The minimum Gasteiger partial charge on any atom is -0.432 e. The molecule has 1 aromatic carbocycles. The summed E-state index contributed by atoms with van der Waals surface area (Å²) in [6, 6.07) is 11.0. The Morgan fingerprint density at radius 3 is 2.33 bits per heavy atom. The number of nitrogens with zero attached hydrogens (tertiary/aromatic N) is 2. The number of aliphatic hydroxyl groups excluding tert-OH is 3. The number of hydrogen-bond acceptors (Lipinski definition) is 8. The summed E-state index contributed by atoms with van der Waals surface area (Å²) < 4.78 is 0. The van der Waals surface area contributed by atoms with E-state index < -0.39 is 61.1 Å². The fourth-order valence-corrected chi connectivity index (χ4v) is 5.68. The van der Waals surface area contributed by atoms with E-state index >= 15 is 0 Å². The van der Waals surface area contributed by atoms with Crippen molar-refractivity contribution in [2.75, 3.05) is 6.61 Å². The van der Waals surface area contributed by atoms with E-state index in [0.717, 1.165) is 10.6 Å². The minimum atomic E-state index is -2.81. The Labute approximate surface area is 194 Å². The summed E-state index contributed by atoms with van der Waals surface area (Å²) in [5.74, 6) is -2.99. The number of nitriles is 1. The number of amides is 1. The lowest BCUT2D eigenvalue weighted by atomic mass is 9.54. The van der Waals surface area contributed by atoms with Crippen LogP contribution in [-0.4, -0.2) is 74.5 Å². The molecule has 0 bridgehead atoms. The molecule has 1 aliphatic heterocycles. The van der Waals surface area contributed by atoms with E-state index in [1.807, 2.05) is 24.3 Å². The van der Waals surface area contributed by atoms with Gasteiger partial charge in [0.15, 0.2) is 8.32 Å². The second-order valence-electron chi connectivity index (χ2n) is 10.5. The van der Waals surface area contributed by atoms with Crippen molar-refractivity contribution in [3.05, 3.63) is 35.9 Å². The van der Waals surface area contributed by atoms with Gasteiger partial charge in [-0.15, -0.1) is 0 Å². The first kappa shape index (κ1) is 25.8. The lowest BCUT2D eigenvalue weighted by Crippen LogP contribution is -2.82. The predicted octanol–water partition coefficient (Wildman–Crippen LogP) is 0.672. The van der Waals surface area contributed by atoms with Crippen LogP contribution >= 0.6 is 0 Å². The number of hydrogen-bond donors (Lipinski definition) is 5. The Bertz CT molecular complexity index is 916. The molecule has 33 heavy (non-hydrogen) atoms. The highest BCUT2D eigenvalue weighted by Gasteiger charge is 2.73. The maximum absolute atomic E-state index is 12.6. The summed E-state index contributed by atoms with van der Waals surface area (Å²) in [7, 11) is -2.81. The number of β-lactam (4-membered cyclic amide) rings is 1. The highest BCUT2D eigenvalue weighted by atomic mass is 28.4. The molecule has 1 saturated carbocycles. The van der Waals surface area contributed by atoms with Crippen LogP contribution in [0.3, 0.4) is 0 Å². The molecule has 0 unspecified atom stereocenters. The highest BCUT2D eigenvalue weighted by Crippen LogP contribution is 2.56. The van der Waals surface area contributed by atoms with Gasteiger partial charge in [-0.2, -0.15) is 5.26 Å². The van der Waals surface area contributed by atoms with Gasteiger partial charge in [-0.25, -0.2) is 5.06 Å². The molecule has 0 radical (unpaired) electrons. The maximum atomic E-state index is 12.6. The quantitative estimate of drug-likeness (QED) is 0.283. The molecule has 1 saturated heterocycles. The van der Waals surface area contributed by atoms with Crippen LogP contribution in [0.4, 0.5) is 0 Å². The molecule has 2 aliphatic rings. The number of benzene rings is 1. The van der Waals surface area contributed by atoms with E-state index in [-0.39, 0.29) is 19.4 Å². The molecule has 1 heterocycles. The molecule has 9 nitrogen and oxygen atoms in total. The molecule has 3 rings (SSSR count). The van der Waals surface area contributed by atoms with Crippen molar-refractivity contribution in [2.45, 2.75) is 74.8 Å². The molecule has 1 amide bonds. The Kier molecular flexibility index (Phi) is 6.83. The predicted molar refractivity (Wildman–Crippen MR) is 120 cm³/mol. The first-order valence-corrected chi connectivity index (χ1v) is 14.0. The third-order valence-electron chi connectivity index (χ3n) is 7.92. The van der Waals surface area contributed by atoms with Crippen LogP contribution < -0.4 is 0 Å². The largest absolute Gasteiger partial charge is 0.432 e. The van der Waals surface area contributed by atoms with Gasteiger partial charge in [-0.05, 0) is 30.1 Å². The van der Waals surface area contributed by atoms with Gasteiger partial charge in [-0.3, -0.25) is 9.63 Å². The van der Waals surface area contributed by atoms with E-state index in [4.69, 9.17) is 4.84 Å². The molecule has 6 atom stereocenters. The summed E-state index contributed by atoms with van der Waals surface area (Å²) in [5, 5.41) is 54.1. The van der Waals surface area contributed by atoms with E-state index in [9.17, 15) is 35.3 Å². The van der Waals surface area contributed by atoms with Crippen molar-refractivity contribution in [1.82, 2.24) is 5.06 Å². The minimum absolute atomic E-state index is 0.00626. The molecule has 182 valence electrons. The second kappa shape index (κ2) is 8.74. The van der Waals surface area contributed by atoms with Gasteiger partial charge >= 0.3 is 0 Å². The Morgan fingerprint density at radius 2 is 1.85 bits per heavy atom. The molecule has 5 N–H and O–H groups in total. The van der Waals surface area contributed by atoms with Crippen LogP contribution in [0.2, 0.25) is 18.1 Å². The van der Waals surface area contributed by atoms with Crippen molar-refractivity contribution in [2.24, 2.45) is 11.8 Å². The van der Waals surface area contributed by atoms with E-state index in [1.165, 1.54) is 0 Å². The Balaban J connectivity index is 2.01. The van der Waals surface area contributed by atoms with Crippen LogP contribution in [0, 0.1) is 23.2 Å². The fraction of sp³-hybridized carbons (Fsp3) is 0.652. The topological polar surface area (TPSA) is 154 Å². The smallest absolute Gasteiger partial charge is 0.249 e. The van der Waals surface area contributed by atoms with E-state index in [2.05, 4.69) is 0 Å². The normalized spacial score (nSPS) is 34.8. The van der Waals surface area contributed by atoms with Gasteiger partial charge in [0, 0.05) is 5.92 Å². The van der Waals surface area contributed by atoms with E-state index in [1.54, 1.807) is 39.1 Å². The third kappa shape index (κ3) is 4.02. The third-order valence-corrected chi connectivity index (χ3v) is 11.4. The monoisotopic (exact) mass is 478 g/mol. The lowest BCUT2D eigenvalue weighted by molar-refractivity contribution is -0.335. The molecule has 10 heteroatoms.